The summed E-state index contributed by atoms with van der Waals surface area (Å²) >= 11 is 0. The molecule has 0 bridgehead atoms. The minimum Gasteiger partial charge on any atom is -0.472 e. The molecule has 2 aliphatic rings. The first kappa shape index (κ1) is 10.4. The van der Waals surface area contributed by atoms with E-state index >= 15 is 0 Å². The largest absolute Gasteiger partial charge is 0.472 e. The molecule has 1 N–H and O–H groups in total. The van der Waals surface area contributed by atoms with E-state index in [-0.39, 0.29) is 0 Å². The third-order valence-electron chi connectivity index (χ3n) is 4.60. The van der Waals surface area contributed by atoms with Gasteiger partial charge in [0.2, 0.25) is 0 Å². The van der Waals surface area contributed by atoms with E-state index in [0.717, 1.165) is 5.92 Å². The maximum Gasteiger partial charge on any atom is 0.0950 e. The molecule has 0 radical (unpaired) electrons. The first-order valence-electron chi connectivity index (χ1n) is 6.56. The van der Waals surface area contributed by atoms with Crippen molar-refractivity contribution < 1.29 is 4.42 Å². The average Bonchev–Trinajstić information content (AvgIpc) is 2.92. The van der Waals surface area contributed by atoms with Crippen LogP contribution >= 0.6 is 0 Å². The zero-order chi connectivity index (χ0) is 11.0. The smallest absolute Gasteiger partial charge is 0.0950 e. The van der Waals surface area contributed by atoms with Crippen LogP contribution < -0.4 is 5.32 Å². The van der Waals surface area contributed by atoms with E-state index < -0.39 is 0 Å². The fourth-order valence-electron chi connectivity index (χ4n) is 3.05. The Morgan fingerprint density at radius 1 is 1.50 bits per heavy atom. The highest BCUT2D eigenvalue weighted by Crippen LogP contribution is 2.56. The summed E-state index contributed by atoms with van der Waals surface area (Å²) in [7, 11) is 0. The molecule has 1 aromatic heterocycles. The van der Waals surface area contributed by atoms with Crippen molar-refractivity contribution in [2.24, 2.45) is 11.3 Å². The molecule has 0 spiro atoms. The van der Waals surface area contributed by atoms with Gasteiger partial charge in [0.25, 0.3) is 0 Å². The lowest BCUT2D eigenvalue weighted by atomic mass is 9.65. The molecule has 2 aliphatic carbocycles. The Morgan fingerprint density at radius 3 is 2.81 bits per heavy atom. The van der Waals surface area contributed by atoms with Crippen LogP contribution in [0.15, 0.2) is 23.0 Å². The maximum absolute atomic E-state index is 5.13. The highest BCUT2D eigenvalue weighted by molar-refractivity contribution is 5.11. The fourth-order valence-corrected chi connectivity index (χ4v) is 3.05. The minimum absolute atomic E-state index is 0.426. The van der Waals surface area contributed by atoms with Gasteiger partial charge in [-0.05, 0) is 50.0 Å². The Hall–Kier alpha value is -0.760. The van der Waals surface area contributed by atoms with E-state index in [4.69, 9.17) is 4.42 Å². The van der Waals surface area contributed by atoms with Crippen LogP contribution in [0.4, 0.5) is 0 Å². The van der Waals surface area contributed by atoms with Gasteiger partial charge in [-0.2, -0.15) is 0 Å². The van der Waals surface area contributed by atoms with E-state index in [2.05, 4.69) is 18.3 Å². The monoisotopic (exact) mass is 219 g/mol. The number of rotatable bonds is 5. The second-order valence-corrected chi connectivity index (χ2v) is 5.65. The maximum atomic E-state index is 5.13. The molecule has 2 saturated carbocycles. The van der Waals surface area contributed by atoms with Crippen molar-refractivity contribution in [3.8, 4) is 0 Å². The molecular formula is C14H21NO. The van der Waals surface area contributed by atoms with Crippen LogP contribution in [0.1, 0.15) is 50.6 Å². The van der Waals surface area contributed by atoms with Crippen molar-refractivity contribution in [2.45, 2.75) is 45.1 Å². The molecule has 88 valence electrons. The molecule has 0 saturated heterocycles. The molecule has 1 heterocycles. The second kappa shape index (κ2) is 3.92. The van der Waals surface area contributed by atoms with Gasteiger partial charge in [-0.3, -0.25) is 0 Å². The summed E-state index contributed by atoms with van der Waals surface area (Å²) in [6.45, 7) is 3.42. The molecule has 0 aliphatic heterocycles. The number of furan rings is 1. The summed E-state index contributed by atoms with van der Waals surface area (Å²) < 4.78 is 5.13. The van der Waals surface area contributed by atoms with Gasteiger partial charge in [0.1, 0.15) is 0 Å². The Morgan fingerprint density at radius 2 is 2.31 bits per heavy atom. The van der Waals surface area contributed by atoms with Crippen LogP contribution in [0.3, 0.4) is 0 Å². The lowest BCUT2D eigenvalue weighted by Gasteiger charge is -2.43. The van der Waals surface area contributed by atoms with Gasteiger partial charge in [-0.15, -0.1) is 0 Å². The third-order valence-corrected chi connectivity index (χ3v) is 4.60. The Labute approximate surface area is 97.4 Å². The van der Waals surface area contributed by atoms with Crippen molar-refractivity contribution in [2.75, 3.05) is 6.54 Å². The predicted octanol–water partition coefficient (Wildman–Crippen LogP) is 3.51. The van der Waals surface area contributed by atoms with Crippen LogP contribution in [-0.4, -0.2) is 6.54 Å². The van der Waals surface area contributed by atoms with Crippen molar-refractivity contribution in [3.05, 3.63) is 24.2 Å². The first-order chi connectivity index (χ1) is 7.80. The number of hydrogen-bond acceptors (Lipinski definition) is 2. The number of nitrogens with one attached hydrogen (secondary N) is 1. The molecule has 16 heavy (non-hydrogen) atoms. The van der Waals surface area contributed by atoms with Crippen molar-refractivity contribution in [1.82, 2.24) is 5.32 Å². The topological polar surface area (TPSA) is 25.2 Å². The molecule has 2 fully saturated rings. The van der Waals surface area contributed by atoms with E-state index in [1.807, 2.05) is 6.26 Å². The van der Waals surface area contributed by atoms with Crippen molar-refractivity contribution >= 4 is 0 Å². The fraction of sp³-hybridized carbons (Fsp3) is 0.714. The molecule has 2 heteroatoms. The molecule has 0 amide bonds. The molecule has 1 atom stereocenters. The second-order valence-electron chi connectivity index (χ2n) is 5.65. The third kappa shape index (κ3) is 1.80. The van der Waals surface area contributed by atoms with Gasteiger partial charge in [0.15, 0.2) is 0 Å². The summed E-state index contributed by atoms with van der Waals surface area (Å²) in [4.78, 5) is 0. The van der Waals surface area contributed by atoms with Gasteiger partial charge < -0.3 is 9.73 Å². The summed E-state index contributed by atoms with van der Waals surface area (Å²) in [5.74, 6) is 1.03. The zero-order valence-electron chi connectivity index (χ0n) is 10.0. The Kier molecular flexibility index (Phi) is 2.55. The van der Waals surface area contributed by atoms with Gasteiger partial charge in [-0.1, -0.05) is 6.42 Å². The SMILES string of the molecule is CC(NCC1(C2CC2)CCC1)c1ccoc1. The van der Waals surface area contributed by atoms with Crippen LogP contribution in [0, 0.1) is 11.3 Å². The molecule has 0 aromatic carbocycles. The normalized spacial score (nSPS) is 25.1. The number of hydrogen-bond donors (Lipinski definition) is 1. The van der Waals surface area contributed by atoms with Crippen LogP contribution in [0.5, 0.6) is 0 Å². The zero-order valence-corrected chi connectivity index (χ0v) is 10.0. The van der Waals surface area contributed by atoms with E-state index in [1.165, 1.54) is 44.2 Å². The van der Waals surface area contributed by atoms with Gasteiger partial charge >= 0.3 is 0 Å². The first-order valence-corrected chi connectivity index (χ1v) is 6.56. The molecular weight excluding hydrogens is 198 g/mol. The molecule has 3 rings (SSSR count). The molecule has 2 nitrogen and oxygen atoms in total. The Bertz CT molecular complexity index is 336. The van der Waals surface area contributed by atoms with Gasteiger partial charge in [-0.25, -0.2) is 0 Å². The lowest BCUT2D eigenvalue weighted by Crippen LogP contribution is -2.42. The predicted molar refractivity (Wildman–Crippen MR) is 64.1 cm³/mol. The summed E-state index contributed by atoms with van der Waals surface area (Å²) in [6.07, 6.45) is 10.9. The van der Waals surface area contributed by atoms with Crippen LogP contribution in [-0.2, 0) is 0 Å². The van der Waals surface area contributed by atoms with Crippen molar-refractivity contribution in [3.63, 3.8) is 0 Å². The molecule has 1 unspecified atom stereocenters. The highest BCUT2D eigenvalue weighted by atomic mass is 16.3. The lowest BCUT2D eigenvalue weighted by molar-refractivity contribution is 0.0954. The van der Waals surface area contributed by atoms with E-state index in [9.17, 15) is 0 Å². The van der Waals surface area contributed by atoms with E-state index in [1.54, 1.807) is 6.26 Å². The Balaban J connectivity index is 1.55. The quantitative estimate of drug-likeness (QED) is 0.819. The van der Waals surface area contributed by atoms with Crippen LogP contribution in [0.25, 0.3) is 0 Å². The standard InChI is InChI=1S/C14H21NO/c1-11(12-5-8-16-9-12)15-10-14(6-2-7-14)13-3-4-13/h5,8-9,11,13,15H,2-4,6-7,10H2,1H3. The minimum atomic E-state index is 0.426. The van der Waals surface area contributed by atoms with Gasteiger partial charge in [0, 0.05) is 18.2 Å². The average molecular weight is 219 g/mol. The summed E-state index contributed by atoms with van der Waals surface area (Å²) in [5.41, 5.74) is 1.93. The summed E-state index contributed by atoms with van der Waals surface area (Å²) in [6, 6.07) is 2.48. The highest BCUT2D eigenvalue weighted by Gasteiger charge is 2.48. The van der Waals surface area contributed by atoms with E-state index in [0.29, 0.717) is 11.5 Å². The van der Waals surface area contributed by atoms with Crippen LogP contribution in [0.2, 0.25) is 0 Å². The summed E-state index contributed by atoms with van der Waals surface area (Å²) in [5, 5.41) is 3.69. The van der Waals surface area contributed by atoms with Gasteiger partial charge in [0.05, 0.1) is 12.5 Å². The van der Waals surface area contributed by atoms with Crippen molar-refractivity contribution in [1.29, 1.82) is 0 Å². The molecule has 1 aromatic rings.